The second kappa shape index (κ2) is 6.54. The lowest BCUT2D eigenvalue weighted by atomic mass is 10.1. The lowest BCUT2D eigenvalue weighted by Crippen LogP contribution is -2.20. The number of hydrogen-bond donors (Lipinski definition) is 2. The molecule has 0 aliphatic carbocycles. The molecule has 0 aliphatic heterocycles. The average molecular weight is 313 g/mol. The van der Waals surface area contributed by atoms with Crippen LogP contribution in [0.5, 0.6) is 0 Å². The molecule has 0 aliphatic rings. The first-order valence-corrected chi connectivity index (χ1v) is 6.71. The highest BCUT2D eigenvalue weighted by molar-refractivity contribution is 9.10. The number of amides is 2. The minimum absolute atomic E-state index is 0.0509. The predicted octanol–water partition coefficient (Wildman–Crippen LogP) is 3.07. The Hall–Kier alpha value is -1.36. The predicted molar refractivity (Wildman–Crippen MR) is 77.1 cm³/mol. The van der Waals surface area contributed by atoms with Gasteiger partial charge in [-0.2, -0.15) is 0 Å². The molecule has 1 aromatic rings. The van der Waals surface area contributed by atoms with Crippen LogP contribution in [0.1, 0.15) is 25.8 Å². The molecular formula is C13H17BrN2O2. The molecular weight excluding hydrogens is 296 g/mol. The van der Waals surface area contributed by atoms with Crippen LogP contribution in [0.3, 0.4) is 0 Å². The van der Waals surface area contributed by atoms with Crippen molar-refractivity contribution in [3.05, 3.63) is 23.8 Å². The molecule has 0 aromatic heterocycles. The van der Waals surface area contributed by atoms with E-state index in [1.165, 1.54) is 0 Å². The second-order valence-corrected chi connectivity index (χ2v) is 5.41. The summed E-state index contributed by atoms with van der Waals surface area (Å²) in [6.07, 6.45) is 0.425. The molecule has 2 N–H and O–H groups in total. The molecule has 0 saturated heterocycles. The molecule has 1 atom stereocenters. The van der Waals surface area contributed by atoms with Gasteiger partial charge >= 0.3 is 0 Å². The van der Waals surface area contributed by atoms with Crippen LogP contribution in [0.15, 0.2) is 18.2 Å². The summed E-state index contributed by atoms with van der Waals surface area (Å²) in [5.74, 6) is -0.165. The Morgan fingerprint density at radius 2 is 2.00 bits per heavy atom. The highest BCUT2D eigenvalue weighted by Gasteiger charge is 2.11. The average Bonchev–Trinajstić information content (AvgIpc) is 2.33. The summed E-state index contributed by atoms with van der Waals surface area (Å²) in [5.41, 5.74) is 2.34. The minimum atomic E-state index is -0.259. The number of hydrogen-bond acceptors (Lipinski definition) is 2. The Bertz CT molecular complexity index is 458. The first-order chi connectivity index (χ1) is 8.43. The zero-order valence-corrected chi connectivity index (χ0v) is 12.3. The SMILES string of the molecule is CCC(=O)Nc1ccc(C)c(NC(=O)C(C)Br)c1. The summed E-state index contributed by atoms with van der Waals surface area (Å²) in [5, 5.41) is 5.56. The van der Waals surface area contributed by atoms with Gasteiger partial charge in [0.05, 0.1) is 4.83 Å². The standard InChI is InChI=1S/C13H17BrN2O2/c1-4-12(17)15-10-6-5-8(2)11(7-10)16-13(18)9(3)14/h5-7,9H,4H2,1-3H3,(H,15,17)(H,16,18). The van der Waals surface area contributed by atoms with Crippen molar-refractivity contribution in [2.45, 2.75) is 32.0 Å². The molecule has 0 saturated carbocycles. The maximum atomic E-state index is 11.6. The fourth-order valence-corrected chi connectivity index (χ4v) is 1.43. The van der Waals surface area contributed by atoms with Crippen LogP contribution < -0.4 is 10.6 Å². The van der Waals surface area contributed by atoms with E-state index in [4.69, 9.17) is 0 Å². The lowest BCUT2D eigenvalue weighted by Gasteiger charge is -2.12. The van der Waals surface area contributed by atoms with Gasteiger partial charge in [-0.15, -0.1) is 0 Å². The second-order valence-electron chi connectivity index (χ2n) is 4.04. The van der Waals surface area contributed by atoms with Crippen LogP contribution in [0.4, 0.5) is 11.4 Å². The van der Waals surface area contributed by atoms with Gasteiger partial charge in [-0.3, -0.25) is 9.59 Å². The number of nitrogens with one attached hydrogen (secondary N) is 2. The summed E-state index contributed by atoms with van der Waals surface area (Å²) >= 11 is 3.21. The number of aryl methyl sites for hydroxylation is 1. The van der Waals surface area contributed by atoms with Crippen molar-refractivity contribution in [3.8, 4) is 0 Å². The molecule has 1 aromatic carbocycles. The number of halogens is 1. The Morgan fingerprint density at radius 3 is 2.56 bits per heavy atom. The molecule has 0 spiro atoms. The van der Waals surface area contributed by atoms with Crippen LogP contribution in [0, 0.1) is 6.92 Å². The summed E-state index contributed by atoms with van der Waals surface area (Å²) in [6, 6.07) is 5.44. The topological polar surface area (TPSA) is 58.2 Å². The zero-order valence-electron chi connectivity index (χ0n) is 10.7. The molecule has 0 fully saturated rings. The fraction of sp³-hybridized carbons (Fsp3) is 0.385. The molecule has 4 nitrogen and oxygen atoms in total. The van der Waals surface area contributed by atoms with Gasteiger partial charge in [-0.25, -0.2) is 0 Å². The number of rotatable bonds is 4. The van der Waals surface area contributed by atoms with Crippen molar-refractivity contribution in [2.24, 2.45) is 0 Å². The van der Waals surface area contributed by atoms with Gasteiger partial charge in [0.25, 0.3) is 0 Å². The number of carbonyl (C=O) groups is 2. The smallest absolute Gasteiger partial charge is 0.237 e. The largest absolute Gasteiger partial charge is 0.326 e. The zero-order chi connectivity index (χ0) is 13.7. The number of anilines is 2. The molecule has 0 radical (unpaired) electrons. The quantitative estimate of drug-likeness (QED) is 0.839. The third-order valence-corrected chi connectivity index (χ3v) is 2.88. The summed E-state index contributed by atoms with van der Waals surface area (Å²) in [7, 11) is 0. The molecule has 1 rings (SSSR count). The first kappa shape index (κ1) is 14.7. The van der Waals surface area contributed by atoms with Gasteiger partial charge in [0.2, 0.25) is 11.8 Å². The van der Waals surface area contributed by atoms with Crippen LogP contribution in [0.25, 0.3) is 0 Å². The van der Waals surface area contributed by atoms with E-state index in [-0.39, 0.29) is 16.6 Å². The summed E-state index contributed by atoms with van der Waals surface area (Å²) in [4.78, 5) is 22.7. The number of alkyl halides is 1. The van der Waals surface area contributed by atoms with Crippen LogP contribution in [-0.2, 0) is 9.59 Å². The van der Waals surface area contributed by atoms with Gasteiger partial charge < -0.3 is 10.6 Å². The Morgan fingerprint density at radius 1 is 1.33 bits per heavy atom. The van der Waals surface area contributed by atoms with E-state index in [2.05, 4.69) is 26.6 Å². The fourth-order valence-electron chi connectivity index (χ4n) is 1.32. The van der Waals surface area contributed by atoms with Crippen molar-refractivity contribution >= 4 is 39.1 Å². The Labute approximate surface area is 115 Å². The third-order valence-electron chi connectivity index (χ3n) is 2.46. The van der Waals surface area contributed by atoms with E-state index in [0.29, 0.717) is 17.8 Å². The van der Waals surface area contributed by atoms with E-state index in [1.807, 2.05) is 19.1 Å². The van der Waals surface area contributed by atoms with Crippen molar-refractivity contribution in [3.63, 3.8) is 0 Å². The molecule has 98 valence electrons. The highest BCUT2D eigenvalue weighted by Crippen LogP contribution is 2.21. The van der Waals surface area contributed by atoms with Crippen LogP contribution in [-0.4, -0.2) is 16.6 Å². The van der Waals surface area contributed by atoms with Gasteiger partial charge in [0.1, 0.15) is 0 Å². The lowest BCUT2D eigenvalue weighted by molar-refractivity contribution is -0.116. The van der Waals surface area contributed by atoms with E-state index in [0.717, 1.165) is 5.56 Å². The van der Waals surface area contributed by atoms with Crippen LogP contribution in [0.2, 0.25) is 0 Å². The molecule has 2 amide bonds. The summed E-state index contributed by atoms with van der Waals surface area (Å²) in [6.45, 7) is 5.45. The number of benzene rings is 1. The van der Waals surface area contributed by atoms with Crippen molar-refractivity contribution < 1.29 is 9.59 Å². The minimum Gasteiger partial charge on any atom is -0.326 e. The molecule has 0 heterocycles. The Balaban J connectivity index is 2.87. The van der Waals surface area contributed by atoms with Crippen molar-refractivity contribution in [1.82, 2.24) is 0 Å². The third kappa shape index (κ3) is 4.14. The van der Waals surface area contributed by atoms with Crippen molar-refractivity contribution in [1.29, 1.82) is 0 Å². The van der Waals surface area contributed by atoms with E-state index < -0.39 is 0 Å². The van der Waals surface area contributed by atoms with Gasteiger partial charge in [-0.1, -0.05) is 28.9 Å². The van der Waals surface area contributed by atoms with E-state index >= 15 is 0 Å². The van der Waals surface area contributed by atoms with Gasteiger partial charge in [-0.05, 0) is 31.5 Å². The van der Waals surface area contributed by atoms with Gasteiger partial charge in [0, 0.05) is 17.8 Å². The normalized spacial score (nSPS) is 11.8. The van der Waals surface area contributed by atoms with Crippen LogP contribution >= 0.6 is 15.9 Å². The van der Waals surface area contributed by atoms with E-state index in [9.17, 15) is 9.59 Å². The van der Waals surface area contributed by atoms with Gasteiger partial charge in [0.15, 0.2) is 0 Å². The maximum absolute atomic E-state index is 11.6. The first-order valence-electron chi connectivity index (χ1n) is 5.79. The van der Waals surface area contributed by atoms with E-state index in [1.54, 1.807) is 19.9 Å². The highest BCUT2D eigenvalue weighted by atomic mass is 79.9. The molecule has 5 heteroatoms. The molecule has 0 bridgehead atoms. The maximum Gasteiger partial charge on any atom is 0.237 e. The Kier molecular flexibility index (Phi) is 5.34. The molecule has 1 unspecified atom stereocenters. The molecule has 18 heavy (non-hydrogen) atoms. The summed E-state index contributed by atoms with van der Waals surface area (Å²) < 4.78 is 0. The monoisotopic (exact) mass is 312 g/mol. The number of carbonyl (C=O) groups excluding carboxylic acids is 2. The van der Waals surface area contributed by atoms with Crippen molar-refractivity contribution in [2.75, 3.05) is 10.6 Å².